The highest BCUT2D eigenvalue weighted by molar-refractivity contribution is 9.10. The fourth-order valence-corrected chi connectivity index (χ4v) is 3.43. The summed E-state index contributed by atoms with van der Waals surface area (Å²) in [6, 6.07) is 2.38. The van der Waals surface area contributed by atoms with Crippen molar-refractivity contribution in [2.75, 3.05) is 6.54 Å². The third-order valence-electron chi connectivity index (χ3n) is 3.93. The van der Waals surface area contributed by atoms with Crippen LogP contribution in [-0.4, -0.2) is 28.0 Å². The summed E-state index contributed by atoms with van der Waals surface area (Å²) < 4.78 is 3.02. The summed E-state index contributed by atoms with van der Waals surface area (Å²) in [5.74, 6) is 0.200. The number of carbonyl (C=O) groups is 1. The van der Waals surface area contributed by atoms with Crippen molar-refractivity contribution in [2.45, 2.75) is 58.5 Å². The van der Waals surface area contributed by atoms with Crippen LogP contribution in [0.4, 0.5) is 0 Å². The largest absolute Gasteiger partial charge is 0.343 e. The monoisotopic (exact) mass is 326 g/mol. The van der Waals surface area contributed by atoms with Crippen LogP contribution in [0.25, 0.3) is 0 Å². The van der Waals surface area contributed by atoms with Gasteiger partial charge in [-0.15, -0.1) is 0 Å². The highest BCUT2D eigenvalue weighted by Crippen LogP contribution is 2.24. The number of piperidine rings is 1. The Labute approximate surface area is 124 Å². The third kappa shape index (κ3) is 3.22. The van der Waals surface area contributed by atoms with Gasteiger partial charge in [-0.25, -0.2) is 0 Å². The van der Waals surface area contributed by atoms with E-state index < -0.39 is 0 Å². The Morgan fingerprint density at radius 2 is 2.21 bits per heavy atom. The van der Waals surface area contributed by atoms with E-state index in [1.54, 1.807) is 0 Å². The predicted molar refractivity (Wildman–Crippen MR) is 81.4 cm³/mol. The lowest BCUT2D eigenvalue weighted by molar-refractivity contribution is 0.0589. The minimum absolute atomic E-state index is 0.200. The fraction of sp³-hybridized carbons (Fsp3) is 0.667. The average Bonchev–Trinajstić information content (AvgIpc) is 2.80. The first-order chi connectivity index (χ1) is 9.17. The van der Waals surface area contributed by atoms with Crippen LogP contribution in [0.3, 0.4) is 0 Å². The molecule has 0 saturated carbocycles. The molecule has 3 nitrogen and oxygen atoms in total. The molecule has 4 heteroatoms. The molecular weight excluding hydrogens is 304 g/mol. The molecule has 1 atom stereocenters. The van der Waals surface area contributed by atoms with Gasteiger partial charge in [0.2, 0.25) is 0 Å². The van der Waals surface area contributed by atoms with Crippen molar-refractivity contribution >= 4 is 21.8 Å². The number of hydrogen-bond donors (Lipinski definition) is 0. The van der Waals surface area contributed by atoms with E-state index in [0.29, 0.717) is 6.04 Å². The molecule has 1 aliphatic rings. The molecule has 1 saturated heterocycles. The Balaban J connectivity index is 2.20. The zero-order valence-corrected chi connectivity index (χ0v) is 13.4. The topological polar surface area (TPSA) is 25.2 Å². The van der Waals surface area contributed by atoms with E-state index in [1.807, 2.05) is 16.8 Å². The first kappa shape index (κ1) is 14.6. The molecule has 19 heavy (non-hydrogen) atoms. The number of rotatable bonds is 4. The molecule has 0 N–H and O–H groups in total. The molecule has 1 fully saturated rings. The van der Waals surface area contributed by atoms with E-state index in [2.05, 4.69) is 34.7 Å². The van der Waals surface area contributed by atoms with Gasteiger partial charge in [0.25, 0.3) is 5.91 Å². The molecule has 1 unspecified atom stereocenters. The second-order valence-electron chi connectivity index (χ2n) is 5.27. The summed E-state index contributed by atoms with van der Waals surface area (Å²) in [7, 11) is 0. The van der Waals surface area contributed by atoms with Crippen LogP contribution in [-0.2, 0) is 6.54 Å². The summed E-state index contributed by atoms with van der Waals surface area (Å²) in [5, 5.41) is 0. The van der Waals surface area contributed by atoms with Crippen molar-refractivity contribution in [3.63, 3.8) is 0 Å². The highest BCUT2D eigenvalue weighted by Gasteiger charge is 2.28. The van der Waals surface area contributed by atoms with E-state index in [1.165, 1.54) is 6.42 Å². The molecule has 0 aromatic carbocycles. The minimum atomic E-state index is 0.200. The Bertz CT molecular complexity index is 439. The molecule has 0 aliphatic carbocycles. The van der Waals surface area contributed by atoms with E-state index in [0.717, 1.165) is 48.9 Å². The van der Waals surface area contributed by atoms with Gasteiger partial charge >= 0.3 is 0 Å². The lowest BCUT2D eigenvalue weighted by Crippen LogP contribution is -2.44. The normalized spacial score (nSPS) is 19.7. The summed E-state index contributed by atoms with van der Waals surface area (Å²) in [4.78, 5) is 14.9. The molecule has 106 valence electrons. The van der Waals surface area contributed by atoms with Crippen molar-refractivity contribution in [1.82, 2.24) is 9.47 Å². The lowest BCUT2D eigenvalue weighted by atomic mass is 9.98. The van der Waals surface area contributed by atoms with Gasteiger partial charge < -0.3 is 9.47 Å². The Morgan fingerprint density at radius 1 is 1.42 bits per heavy atom. The van der Waals surface area contributed by atoms with Crippen LogP contribution in [0.1, 0.15) is 56.4 Å². The molecule has 0 spiro atoms. The predicted octanol–water partition coefficient (Wildman–Crippen LogP) is 4.07. The van der Waals surface area contributed by atoms with Crippen LogP contribution < -0.4 is 0 Å². The van der Waals surface area contributed by atoms with Crippen LogP contribution in [0.2, 0.25) is 0 Å². The summed E-state index contributed by atoms with van der Waals surface area (Å²) in [5.41, 5.74) is 0.817. The summed E-state index contributed by atoms with van der Waals surface area (Å²) >= 11 is 3.47. The zero-order valence-electron chi connectivity index (χ0n) is 11.9. The van der Waals surface area contributed by atoms with Crippen LogP contribution >= 0.6 is 15.9 Å². The number of carbonyl (C=O) groups excluding carboxylic acids is 1. The second-order valence-corrected chi connectivity index (χ2v) is 6.18. The third-order valence-corrected chi connectivity index (χ3v) is 4.37. The number of amides is 1. The smallest absolute Gasteiger partial charge is 0.270 e. The highest BCUT2D eigenvalue weighted by atomic mass is 79.9. The zero-order chi connectivity index (χ0) is 13.8. The first-order valence-corrected chi connectivity index (χ1v) is 8.13. The van der Waals surface area contributed by atoms with Gasteiger partial charge in [-0.05, 0) is 54.6 Å². The van der Waals surface area contributed by atoms with E-state index in [9.17, 15) is 4.79 Å². The number of likely N-dealkylation sites (tertiary alicyclic amines) is 1. The Hall–Kier alpha value is -0.770. The molecule has 1 aromatic rings. The standard InChI is InChI=1S/C15H23BrN2O/c1-3-7-13-8-5-6-9-18(13)15(19)14-10-12(16)11-17(14)4-2/h10-11,13H,3-9H2,1-2H3. The Kier molecular flexibility index (Phi) is 5.08. The van der Waals surface area contributed by atoms with Gasteiger partial charge in [-0.1, -0.05) is 13.3 Å². The quantitative estimate of drug-likeness (QED) is 0.818. The summed E-state index contributed by atoms with van der Waals surface area (Å²) in [6.07, 6.45) is 7.82. The maximum absolute atomic E-state index is 12.8. The van der Waals surface area contributed by atoms with Crippen LogP contribution in [0, 0.1) is 0 Å². The van der Waals surface area contributed by atoms with E-state index in [4.69, 9.17) is 0 Å². The number of nitrogens with zero attached hydrogens (tertiary/aromatic N) is 2. The second kappa shape index (κ2) is 6.60. The van der Waals surface area contributed by atoms with Gasteiger partial charge in [-0.3, -0.25) is 4.79 Å². The van der Waals surface area contributed by atoms with Gasteiger partial charge in [-0.2, -0.15) is 0 Å². The van der Waals surface area contributed by atoms with E-state index in [-0.39, 0.29) is 5.91 Å². The number of aryl methyl sites for hydroxylation is 1. The van der Waals surface area contributed by atoms with Crippen LogP contribution in [0.15, 0.2) is 16.7 Å². The maximum Gasteiger partial charge on any atom is 0.270 e. The number of aromatic nitrogens is 1. The van der Waals surface area contributed by atoms with Gasteiger partial charge in [0.05, 0.1) is 0 Å². The van der Waals surface area contributed by atoms with E-state index >= 15 is 0 Å². The number of hydrogen-bond acceptors (Lipinski definition) is 1. The van der Waals surface area contributed by atoms with Crippen molar-refractivity contribution in [2.24, 2.45) is 0 Å². The fourth-order valence-electron chi connectivity index (χ4n) is 2.96. The number of halogens is 1. The lowest BCUT2D eigenvalue weighted by Gasteiger charge is -2.36. The van der Waals surface area contributed by atoms with Crippen LogP contribution in [0.5, 0.6) is 0 Å². The molecule has 0 bridgehead atoms. The SMILES string of the molecule is CCCC1CCCCN1C(=O)c1cc(Br)cn1CC. The molecule has 1 aliphatic heterocycles. The molecule has 2 heterocycles. The van der Waals surface area contributed by atoms with Gasteiger partial charge in [0.15, 0.2) is 0 Å². The molecule has 1 aromatic heterocycles. The van der Waals surface area contributed by atoms with Crippen molar-refractivity contribution < 1.29 is 4.79 Å². The van der Waals surface area contributed by atoms with Crippen molar-refractivity contribution in [3.05, 3.63) is 22.4 Å². The Morgan fingerprint density at radius 3 is 2.89 bits per heavy atom. The maximum atomic E-state index is 12.8. The summed E-state index contributed by atoms with van der Waals surface area (Å²) in [6.45, 7) is 6.01. The molecule has 1 amide bonds. The average molecular weight is 327 g/mol. The molecule has 0 radical (unpaired) electrons. The first-order valence-electron chi connectivity index (χ1n) is 7.34. The van der Waals surface area contributed by atoms with Crippen molar-refractivity contribution in [1.29, 1.82) is 0 Å². The van der Waals surface area contributed by atoms with Crippen molar-refractivity contribution in [3.8, 4) is 0 Å². The molecule has 2 rings (SSSR count). The minimum Gasteiger partial charge on any atom is -0.343 e. The molecular formula is C15H23BrN2O. The van der Waals surface area contributed by atoms with Gasteiger partial charge in [0, 0.05) is 29.8 Å². The van der Waals surface area contributed by atoms with Gasteiger partial charge in [0.1, 0.15) is 5.69 Å².